The van der Waals surface area contributed by atoms with Crippen molar-refractivity contribution in [1.82, 2.24) is 5.32 Å². The zero-order chi connectivity index (χ0) is 19.2. The first-order valence-electron chi connectivity index (χ1n) is 8.79. The zero-order valence-corrected chi connectivity index (χ0v) is 15.1. The van der Waals surface area contributed by atoms with E-state index in [0.29, 0.717) is 29.1 Å². The number of amides is 1. The number of fused-ring (bicyclic) bond motifs is 1. The van der Waals surface area contributed by atoms with Gasteiger partial charge in [-0.1, -0.05) is 29.8 Å². The summed E-state index contributed by atoms with van der Waals surface area (Å²) in [5.41, 5.74) is 0.740. The summed E-state index contributed by atoms with van der Waals surface area (Å²) in [5, 5.41) is 6.29. The molecule has 2 aliphatic carbocycles. The Kier molecular flexibility index (Phi) is 4.34. The van der Waals surface area contributed by atoms with Gasteiger partial charge in [-0.15, -0.1) is 0 Å². The Morgan fingerprint density at radius 2 is 1.89 bits per heavy atom. The van der Waals surface area contributed by atoms with Crippen molar-refractivity contribution in [3.8, 4) is 0 Å². The first-order chi connectivity index (χ1) is 12.8. The van der Waals surface area contributed by atoms with Crippen LogP contribution in [0.1, 0.15) is 30.4 Å². The maximum absolute atomic E-state index is 13.7. The molecule has 142 valence electrons. The van der Waals surface area contributed by atoms with Gasteiger partial charge in [0.2, 0.25) is 0 Å². The van der Waals surface area contributed by atoms with E-state index in [1.807, 2.05) is 12.1 Å². The van der Waals surface area contributed by atoms with Gasteiger partial charge in [-0.05, 0) is 42.7 Å². The maximum atomic E-state index is 13.7. The van der Waals surface area contributed by atoms with Gasteiger partial charge in [0, 0.05) is 35.2 Å². The smallest absolute Gasteiger partial charge is 0.252 e. The van der Waals surface area contributed by atoms with Gasteiger partial charge in [-0.2, -0.15) is 0 Å². The number of aryl methyl sites for hydroxylation is 1. The Morgan fingerprint density at radius 3 is 2.59 bits per heavy atom. The standard InChI is InChI=1S/C20H18ClF3N2O/c21-16-6-1-3-12-7-8-20(17(12)16,26-14-5-2-4-13(22)9-14)18(27)25-15-10-19(23,24)11-15/h1-6,9,15,26H,7-8,10-11H2,(H,25,27)/t20-/m0/s1. The van der Waals surface area contributed by atoms with Gasteiger partial charge < -0.3 is 10.6 Å². The van der Waals surface area contributed by atoms with Crippen molar-refractivity contribution in [1.29, 1.82) is 0 Å². The summed E-state index contributed by atoms with van der Waals surface area (Å²) in [6, 6.07) is 10.6. The minimum absolute atomic E-state index is 0.371. The third-order valence-corrected chi connectivity index (χ3v) is 5.61. The van der Waals surface area contributed by atoms with E-state index in [2.05, 4.69) is 10.6 Å². The van der Waals surface area contributed by atoms with Crippen LogP contribution in [-0.2, 0) is 16.8 Å². The molecule has 0 heterocycles. The zero-order valence-electron chi connectivity index (χ0n) is 14.4. The number of benzene rings is 2. The highest BCUT2D eigenvalue weighted by Crippen LogP contribution is 2.45. The molecule has 0 spiro atoms. The predicted octanol–water partition coefficient (Wildman–Crippen LogP) is 4.65. The molecule has 0 aromatic heterocycles. The molecule has 2 N–H and O–H groups in total. The van der Waals surface area contributed by atoms with Gasteiger partial charge in [-0.3, -0.25) is 4.79 Å². The van der Waals surface area contributed by atoms with Gasteiger partial charge in [0.05, 0.1) is 0 Å². The molecule has 0 radical (unpaired) electrons. The molecule has 0 unspecified atom stereocenters. The Balaban J connectivity index is 1.70. The molecule has 27 heavy (non-hydrogen) atoms. The molecule has 2 aliphatic rings. The fraction of sp³-hybridized carbons (Fsp3) is 0.350. The van der Waals surface area contributed by atoms with Gasteiger partial charge in [0.1, 0.15) is 11.4 Å². The summed E-state index contributed by atoms with van der Waals surface area (Å²) in [7, 11) is 0. The third-order valence-electron chi connectivity index (χ3n) is 5.29. The van der Waals surface area contributed by atoms with E-state index in [9.17, 15) is 18.0 Å². The van der Waals surface area contributed by atoms with Crippen LogP contribution in [0.5, 0.6) is 0 Å². The van der Waals surface area contributed by atoms with Crippen LogP contribution in [0.3, 0.4) is 0 Å². The Labute approximate surface area is 159 Å². The van der Waals surface area contributed by atoms with Crippen molar-refractivity contribution in [3.63, 3.8) is 0 Å². The van der Waals surface area contributed by atoms with Crippen LogP contribution < -0.4 is 10.6 Å². The highest BCUT2D eigenvalue weighted by Gasteiger charge is 2.51. The second kappa shape index (κ2) is 6.44. The predicted molar refractivity (Wildman–Crippen MR) is 97.6 cm³/mol. The molecule has 0 saturated heterocycles. The summed E-state index contributed by atoms with van der Waals surface area (Å²) in [4.78, 5) is 13.2. The van der Waals surface area contributed by atoms with Crippen molar-refractivity contribution in [2.45, 2.75) is 43.2 Å². The molecular weight excluding hydrogens is 377 g/mol. The summed E-state index contributed by atoms with van der Waals surface area (Å²) < 4.78 is 40.0. The van der Waals surface area contributed by atoms with Crippen LogP contribution in [0.4, 0.5) is 18.9 Å². The lowest BCUT2D eigenvalue weighted by molar-refractivity contribution is -0.133. The second-order valence-corrected chi connectivity index (χ2v) is 7.66. The topological polar surface area (TPSA) is 41.1 Å². The van der Waals surface area contributed by atoms with Gasteiger partial charge >= 0.3 is 0 Å². The first-order valence-corrected chi connectivity index (χ1v) is 9.17. The fourth-order valence-electron chi connectivity index (χ4n) is 4.00. The van der Waals surface area contributed by atoms with E-state index < -0.39 is 29.2 Å². The number of hydrogen-bond donors (Lipinski definition) is 2. The molecule has 4 rings (SSSR count). The van der Waals surface area contributed by atoms with E-state index in [1.54, 1.807) is 12.1 Å². The Bertz CT molecular complexity index is 897. The average molecular weight is 395 g/mol. The average Bonchev–Trinajstić information content (AvgIpc) is 2.94. The maximum Gasteiger partial charge on any atom is 0.252 e. The second-order valence-electron chi connectivity index (χ2n) is 7.25. The lowest BCUT2D eigenvalue weighted by atomic mass is 9.85. The number of halogens is 4. The van der Waals surface area contributed by atoms with Gasteiger partial charge in [0.25, 0.3) is 11.8 Å². The minimum Gasteiger partial charge on any atom is -0.367 e. The third kappa shape index (κ3) is 3.27. The molecule has 2 aromatic rings. The molecule has 1 atom stereocenters. The van der Waals surface area contributed by atoms with E-state index in [0.717, 1.165) is 5.56 Å². The van der Waals surface area contributed by atoms with Crippen molar-refractivity contribution in [2.24, 2.45) is 0 Å². The van der Waals surface area contributed by atoms with Crippen LogP contribution in [0, 0.1) is 5.82 Å². The highest BCUT2D eigenvalue weighted by atomic mass is 35.5. The van der Waals surface area contributed by atoms with Crippen LogP contribution in [0.25, 0.3) is 0 Å². The number of nitrogens with one attached hydrogen (secondary N) is 2. The van der Waals surface area contributed by atoms with E-state index in [-0.39, 0.29) is 12.8 Å². The largest absolute Gasteiger partial charge is 0.367 e. The number of carbonyl (C=O) groups excluding carboxylic acids is 1. The van der Waals surface area contributed by atoms with Crippen molar-refractivity contribution < 1.29 is 18.0 Å². The van der Waals surface area contributed by atoms with Crippen molar-refractivity contribution >= 4 is 23.2 Å². The van der Waals surface area contributed by atoms with Crippen LogP contribution in [0.2, 0.25) is 5.02 Å². The van der Waals surface area contributed by atoms with Crippen molar-refractivity contribution in [2.75, 3.05) is 5.32 Å². The van der Waals surface area contributed by atoms with E-state index in [4.69, 9.17) is 11.6 Å². The van der Waals surface area contributed by atoms with E-state index in [1.165, 1.54) is 18.2 Å². The number of carbonyl (C=O) groups is 1. The monoisotopic (exact) mass is 394 g/mol. The van der Waals surface area contributed by atoms with Crippen LogP contribution in [-0.4, -0.2) is 17.9 Å². The quantitative estimate of drug-likeness (QED) is 0.792. The number of alkyl halides is 2. The van der Waals surface area contributed by atoms with Crippen LogP contribution >= 0.6 is 11.6 Å². The molecule has 0 aliphatic heterocycles. The number of rotatable bonds is 4. The highest BCUT2D eigenvalue weighted by molar-refractivity contribution is 6.32. The molecule has 0 bridgehead atoms. The Hall–Kier alpha value is -2.21. The summed E-state index contributed by atoms with van der Waals surface area (Å²) in [6.45, 7) is 0. The molecule has 1 fully saturated rings. The molecular formula is C20H18ClF3N2O. The summed E-state index contributed by atoms with van der Waals surface area (Å²) in [6.07, 6.45) is 0.262. The van der Waals surface area contributed by atoms with Gasteiger partial charge in [-0.25, -0.2) is 13.2 Å². The lowest BCUT2D eigenvalue weighted by Gasteiger charge is -2.39. The first kappa shape index (κ1) is 18.2. The van der Waals surface area contributed by atoms with E-state index >= 15 is 0 Å². The van der Waals surface area contributed by atoms with Gasteiger partial charge in [0.15, 0.2) is 0 Å². The number of hydrogen-bond acceptors (Lipinski definition) is 2. The Morgan fingerprint density at radius 1 is 1.15 bits per heavy atom. The molecule has 7 heteroatoms. The van der Waals surface area contributed by atoms with Crippen molar-refractivity contribution in [3.05, 3.63) is 64.4 Å². The molecule has 1 amide bonds. The normalized spacial score (nSPS) is 23.4. The van der Waals surface area contributed by atoms with Crippen LogP contribution in [0.15, 0.2) is 42.5 Å². The minimum atomic E-state index is -2.73. The fourth-order valence-corrected chi connectivity index (χ4v) is 4.35. The molecule has 2 aromatic carbocycles. The summed E-state index contributed by atoms with van der Waals surface area (Å²) >= 11 is 6.41. The summed E-state index contributed by atoms with van der Waals surface area (Å²) in [5.74, 6) is -3.59. The number of anilines is 1. The SMILES string of the molecule is O=C(NC1CC(F)(F)C1)[C@]1(Nc2cccc(F)c2)CCc2cccc(Cl)c21. The lowest BCUT2D eigenvalue weighted by Crippen LogP contribution is -2.57. The molecule has 1 saturated carbocycles. The molecule has 3 nitrogen and oxygen atoms in total.